The summed E-state index contributed by atoms with van der Waals surface area (Å²) in [7, 11) is 0. The van der Waals surface area contributed by atoms with Crippen LogP contribution in [0.15, 0.2) is 12.5 Å². The number of likely N-dealkylation sites (tertiary alicyclic amines) is 1. The van der Waals surface area contributed by atoms with E-state index in [1.54, 1.807) is 0 Å². The second kappa shape index (κ2) is 5.74. The molecule has 5 nitrogen and oxygen atoms in total. The fourth-order valence-electron chi connectivity index (χ4n) is 2.57. The average molecular weight is 265 g/mol. The van der Waals surface area contributed by atoms with Crippen LogP contribution < -0.4 is 0 Å². The van der Waals surface area contributed by atoms with Crippen LogP contribution in [0.1, 0.15) is 38.8 Å². The first kappa shape index (κ1) is 14.1. The third-order valence-corrected chi connectivity index (χ3v) is 4.12. The Balaban J connectivity index is 1.92. The van der Waals surface area contributed by atoms with Crippen molar-refractivity contribution >= 4 is 5.97 Å². The molecule has 0 aromatic carbocycles. The molecule has 1 aliphatic heterocycles. The molecule has 5 heteroatoms. The molecule has 0 unspecified atom stereocenters. The molecular formula is C14H23N3O2. The Kier molecular flexibility index (Phi) is 4.24. The molecule has 0 aliphatic carbocycles. The lowest BCUT2D eigenvalue weighted by atomic mass is 9.80. The molecule has 0 atom stereocenters. The van der Waals surface area contributed by atoms with E-state index >= 15 is 0 Å². The number of nitrogens with zero attached hydrogens (tertiary/aromatic N) is 3. The van der Waals surface area contributed by atoms with Gasteiger partial charge in [0.05, 0.1) is 17.4 Å². The van der Waals surface area contributed by atoms with Crippen LogP contribution in [0.4, 0.5) is 0 Å². The van der Waals surface area contributed by atoms with Gasteiger partial charge in [0.2, 0.25) is 0 Å². The van der Waals surface area contributed by atoms with Crippen LogP contribution >= 0.6 is 0 Å². The molecule has 1 aromatic heterocycles. The molecule has 0 spiro atoms. The van der Waals surface area contributed by atoms with Gasteiger partial charge in [-0.15, -0.1) is 0 Å². The second-order valence-electron chi connectivity index (χ2n) is 5.72. The van der Waals surface area contributed by atoms with E-state index in [2.05, 4.69) is 21.4 Å². The molecule has 1 fully saturated rings. The Morgan fingerprint density at radius 1 is 1.47 bits per heavy atom. The second-order valence-corrected chi connectivity index (χ2v) is 5.72. The molecule has 1 aliphatic rings. The molecule has 19 heavy (non-hydrogen) atoms. The maximum Gasteiger partial charge on any atom is 0.309 e. The molecule has 0 bridgehead atoms. The lowest BCUT2D eigenvalue weighted by Gasteiger charge is -2.36. The van der Waals surface area contributed by atoms with Gasteiger partial charge in [0.25, 0.3) is 0 Å². The number of aliphatic carboxylic acids is 1. The standard InChI is InChI=1S/C14H23N3O2/c1-3-6-17-11-15-9-12(17)10-16-7-4-14(2,5-8-16)13(18)19/h9,11H,3-8,10H2,1-2H3,(H,18,19). The van der Waals surface area contributed by atoms with Crippen molar-refractivity contribution < 1.29 is 9.90 Å². The summed E-state index contributed by atoms with van der Waals surface area (Å²) in [5, 5.41) is 9.22. The van der Waals surface area contributed by atoms with Gasteiger partial charge in [-0.2, -0.15) is 0 Å². The number of imidazole rings is 1. The van der Waals surface area contributed by atoms with E-state index in [-0.39, 0.29) is 0 Å². The van der Waals surface area contributed by atoms with Gasteiger partial charge in [-0.25, -0.2) is 4.98 Å². The topological polar surface area (TPSA) is 58.4 Å². The number of rotatable bonds is 5. The fourth-order valence-corrected chi connectivity index (χ4v) is 2.57. The minimum Gasteiger partial charge on any atom is -0.481 e. The van der Waals surface area contributed by atoms with Gasteiger partial charge >= 0.3 is 5.97 Å². The average Bonchev–Trinajstić information content (AvgIpc) is 2.80. The third kappa shape index (κ3) is 3.15. The van der Waals surface area contributed by atoms with Gasteiger partial charge in [0.15, 0.2) is 0 Å². The summed E-state index contributed by atoms with van der Waals surface area (Å²) in [6, 6.07) is 0. The summed E-state index contributed by atoms with van der Waals surface area (Å²) in [6.07, 6.45) is 6.35. The van der Waals surface area contributed by atoms with Crippen molar-refractivity contribution in [3.8, 4) is 0 Å². The molecule has 2 rings (SSSR count). The number of piperidine rings is 1. The van der Waals surface area contributed by atoms with E-state index in [4.69, 9.17) is 0 Å². The van der Waals surface area contributed by atoms with E-state index in [0.717, 1.165) is 45.4 Å². The number of aryl methyl sites for hydroxylation is 1. The predicted molar refractivity (Wildman–Crippen MR) is 72.8 cm³/mol. The number of carboxylic acid groups (broad SMARTS) is 1. The van der Waals surface area contributed by atoms with Crippen LogP contribution in [0.25, 0.3) is 0 Å². The van der Waals surface area contributed by atoms with E-state index < -0.39 is 11.4 Å². The zero-order valence-electron chi connectivity index (χ0n) is 11.8. The third-order valence-electron chi connectivity index (χ3n) is 4.12. The smallest absolute Gasteiger partial charge is 0.309 e. The Labute approximate surface area is 114 Å². The van der Waals surface area contributed by atoms with Gasteiger partial charge in [-0.1, -0.05) is 6.92 Å². The molecule has 2 heterocycles. The summed E-state index contributed by atoms with van der Waals surface area (Å²) in [6.45, 7) is 7.57. The van der Waals surface area contributed by atoms with E-state index in [1.807, 2.05) is 19.4 Å². The minimum absolute atomic E-state index is 0.542. The van der Waals surface area contributed by atoms with Crippen LogP contribution in [-0.4, -0.2) is 38.6 Å². The first-order chi connectivity index (χ1) is 9.05. The predicted octanol–water partition coefficient (Wildman–Crippen LogP) is 1.98. The molecule has 1 saturated heterocycles. The Morgan fingerprint density at radius 3 is 2.74 bits per heavy atom. The van der Waals surface area contributed by atoms with Crippen molar-refractivity contribution in [2.75, 3.05) is 13.1 Å². The number of carbonyl (C=O) groups is 1. The highest BCUT2D eigenvalue weighted by Gasteiger charge is 2.36. The van der Waals surface area contributed by atoms with Crippen LogP contribution in [0, 0.1) is 5.41 Å². The Hall–Kier alpha value is -1.36. The molecule has 0 saturated carbocycles. The monoisotopic (exact) mass is 265 g/mol. The Morgan fingerprint density at radius 2 is 2.16 bits per heavy atom. The van der Waals surface area contributed by atoms with Crippen molar-refractivity contribution in [1.82, 2.24) is 14.5 Å². The van der Waals surface area contributed by atoms with E-state index in [0.29, 0.717) is 0 Å². The van der Waals surface area contributed by atoms with Crippen LogP contribution in [0.3, 0.4) is 0 Å². The molecule has 0 amide bonds. The van der Waals surface area contributed by atoms with Crippen molar-refractivity contribution in [3.05, 3.63) is 18.2 Å². The van der Waals surface area contributed by atoms with E-state index in [9.17, 15) is 9.90 Å². The fraction of sp³-hybridized carbons (Fsp3) is 0.714. The lowest BCUT2D eigenvalue weighted by molar-refractivity contribution is -0.150. The lowest BCUT2D eigenvalue weighted by Crippen LogP contribution is -2.42. The van der Waals surface area contributed by atoms with Gasteiger partial charge < -0.3 is 9.67 Å². The first-order valence-electron chi connectivity index (χ1n) is 7.00. The molecule has 1 N–H and O–H groups in total. The zero-order valence-corrected chi connectivity index (χ0v) is 11.8. The molecule has 106 valence electrons. The molecule has 1 aromatic rings. The Bertz CT molecular complexity index is 434. The first-order valence-corrected chi connectivity index (χ1v) is 7.00. The molecular weight excluding hydrogens is 242 g/mol. The van der Waals surface area contributed by atoms with Crippen molar-refractivity contribution in [3.63, 3.8) is 0 Å². The normalized spacial score (nSPS) is 19.5. The quantitative estimate of drug-likeness (QED) is 0.884. The van der Waals surface area contributed by atoms with Gasteiger partial charge in [-0.3, -0.25) is 9.69 Å². The number of carboxylic acids is 1. The summed E-state index contributed by atoms with van der Waals surface area (Å²) >= 11 is 0. The van der Waals surface area contributed by atoms with Crippen molar-refractivity contribution in [2.45, 2.75) is 46.2 Å². The zero-order chi connectivity index (χ0) is 13.9. The highest BCUT2D eigenvalue weighted by Crippen LogP contribution is 2.31. The maximum absolute atomic E-state index is 11.2. The number of hydrogen-bond donors (Lipinski definition) is 1. The van der Waals surface area contributed by atoms with Crippen molar-refractivity contribution in [2.24, 2.45) is 5.41 Å². The number of aromatic nitrogens is 2. The highest BCUT2D eigenvalue weighted by molar-refractivity contribution is 5.74. The maximum atomic E-state index is 11.2. The van der Waals surface area contributed by atoms with Gasteiger partial charge in [-0.05, 0) is 39.3 Å². The minimum atomic E-state index is -0.664. The highest BCUT2D eigenvalue weighted by atomic mass is 16.4. The van der Waals surface area contributed by atoms with E-state index in [1.165, 1.54) is 5.69 Å². The summed E-state index contributed by atoms with van der Waals surface area (Å²) in [4.78, 5) is 17.7. The summed E-state index contributed by atoms with van der Waals surface area (Å²) in [5.74, 6) is -0.664. The summed E-state index contributed by atoms with van der Waals surface area (Å²) < 4.78 is 2.19. The summed E-state index contributed by atoms with van der Waals surface area (Å²) in [5.41, 5.74) is 0.681. The molecule has 0 radical (unpaired) electrons. The van der Waals surface area contributed by atoms with Crippen molar-refractivity contribution in [1.29, 1.82) is 0 Å². The van der Waals surface area contributed by atoms with Crippen LogP contribution in [-0.2, 0) is 17.9 Å². The largest absolute Gasteiger partial charge is 0.481 e. The van der Waals surface area contributed by atoms with Gasteiger partial charge in [0, 0.05) is 19.3 Å². The SMILES string of the molecule is CCCn1cncc1CN1CCC(C)(C(=O)O)CC1. The van der Waals surface area contributed by atoms with Gasteiger partial charge in [0.1, 0.15) is 0 Å². The van der Waals surface area contributed by atoms with Crippen LogP contribution in [0.5, 0.6) is 0 Å². The van der Waals surface area contributed by atoms with Crippen LogP contribution in [0.2, 0.25) is 0 Å². The number of hydrogen-bond acceptors (Lipinski definition) is 3.